The molecule has 0 radical (unpaired) electrons. The average Bonchev–Trinajstić information content (AvgIpc) is 2.05. The minimum atomic E-state index is 0.859. The molecule has 0 saturated carbocycles. The van der Waals surface area contributed by atoms with Crippen LogP contribution >= 0.6 is 0 Å². The van der Waals surface area contributed by atoms with E-state index in [1.165, 1.54) is 25.9 Å². The molecule has 3 saturated heterocycles. The molecule has 0 N–H and O–H groups in total. The average molecular weight is 167 g/mol. The molecule has 0 aromatic heterocycles. The van der Waals surface area contributed by atoms with Crippen molar-refractivity contribution in [1.29, 1.82) is 0 Å². The quantitative estimate of drug-likeness (QED) is 0.579. The van der Waals surface area contributed by atoms with E-state index in [0.29, 0.717) is 0 Å². The van der Waals surface area contributed by atoms with Gasteiger partial charge in [0.2, 0.25) is 0 Å². The second-order valence-electron chi connectivity index (χ2n) is 4.94. The van der Waals surface area contributed by atoms with Gasteiger partial charge in [0.05, 0.1) is 0 Å². The fourth-order valence-electron chi connectivity index (χ4n) is 3.45. The van der Waals surface area contributed by atoms with Gasteiger partial charge >= 0.3 is 0 Å². The molecule has 12 heavy (non-hydrogen) atoms. The predicted octanol–water partition coefficient (Wildman–Crippen LogP) is 2.37. The van der Waals surface area contributed by atoms with Crippen LogP contribution in [0.5, 0.6) is 0 Å². The van der Waals surface area contributed by atoms with Crippen LogP contribution in [-0.4, -0.2) is 24.0 Å². The first-order valence-electron chi connectivity index (χ1n) is 5.44. The van der Waals surface area contributed by atoms with Gasteiger partial charge in [-0.1, -0.05) is 13.8 Å². The number of rotatable bonds is 1. The van der Waals surface area contributed by atoms with Crippen LogP contribution in [0.2, 0.25) is 0 Å². The number of hydrogen-bond acceptors (Lipinski definition) is 1. The SMILES string of the molecule is CC(C)C1C2CCN(CC2)C1C. The van der Waals surface area contributed by atoms with Crippen LogP contribution in [0, 0.1) is 17.8 Å². The van der Waals surface area contributed by atoms with Gasteiger partial charge in [0, 0.05) is 6.04 Å². The Morgan fingerprint density at radius 3 is 2.08 bits per heavy atom. The van der Waals surface area contributed by atoms with Crippen LogP contribution in [0.4, 0.5) is 0 Å². The van der Waals surface area contributed by atoms with E-state index in [9.17, 15) is 0 Å². The Morgan fingerprint density at radius 2 is 1.75 bits per heavy atom. The second kappa shape index (κ2) is 3.02. The van der Waals surface area contributed by atoms with Crippen LogP contribution in [0.25, 0.3) is 0 Å². The Labute approximate surface area is 76.1 Å². The van der Waals surface area contributed by atoms with E-state index >= 15 is 0 Å². The van der Waals surface area contributed by atoms with Crippen molar-refractivity contribution >= 4 is 0 Å². The minimum absolute atomic E-state index is 0.859. The largest absolute Gasteiger partial charge is 0.300 e. The molecular formula is C11H21N. The Bertz CT molecular complexity index is 154. The van der Waals surface area contributed by atoms with Gasteiger partial charge < -0.3 is 4.90 Å². The Morgan fingerprint density at radius 1 is 1.17 bits per heavy atom. The van der Waals surface area contributed by atoms with E-state index in [1.807, 2.05) is 0 Å². The number of piperidine rings is 3. The molecule has 2 atom stereocenters. The maximum absolute atomic E-state index is 2.69. The summed E-state index contributed by atoms with van der Waals surface area (Å²) in [7, 11) is 0. The van der Waals surface area contributed by atoms with E-state index in [-0.39, 0.29) is 0 Å². The third-order valence-electron chi connectivity index (χ3n) is 4.02. The number of fused-ring (bicyclic) bond motifs is 3. The topological polar surface area (TPSA) is 3.24 Å². The van der Waals surface area contributed by atoms with Crippen molar-refractivity contribution in [3.8, 4) is 0 Å². The molecule has 2 unspecified atom stereocenters. The van der Waals surface area contributed by atoms with Crippen LogP contribution in [-0.2, 0) is 0 Å². The summed E-state index contributed by atoms with van der Waals surface area (Å²) in [5.74, 6) is 2.91. The molecule has 3 aliphatic rings. The molecule has 3 aliphatic heterocycles. The summed E-state index contributed by atoms with van der Waals surface area (Å²) in [6.07, 6.45) is 2.93. The molecule has 3 rings (SSSR count). The molecule has 3 fully saturated rings. The van der Waals surface area contributed by atoms with Crippen molar-refractivity contribution in [3.05, 3.63) is 0 Å². The predicted molar refractivity (Wildman–Crippen MR) is 52.1 cm³/mol. The first-order valence-corrected chi connectivity index (χ1v) is 5.44. The van der Waals surface area contributed by atoms with Gasteiger partial charge in [-0.25, -0.2) is 0 Å². The summed E-state index contributed by atoms with van der Waals surface area (Å²) in [6, 6.07) is 0.859. The molecule has 2 bridgehead atoms. The monoisotopic (exact) mass is 167 g/mol. The Balaban J connectivity index is 2.12. The maximum atomic E-state index is 2.69. The van der Waals surface area contributed by atoms with Crippen molar-refractivity contribution in [3.63, 3.8) is 0 Å². The van der Waals surface area contributed by atoms with Gasteiger partial charge in [0.15, 0.2) is 0 Å². The molecule has 0 aromatic carbocycles. The second-order valence-corrected chi connectivity index (χ2v) is 4.94. The van der Waals surface area contributed by atoms with Crippen LogP contribution < -0.4 is 0 Å². The fraction of sp³-hybridized carbons (Fsp3) is 1.00. The van der Waals surface area contributed by atoms with E-state index in [0.717, 1.165) is 23.8 Å². The fourth-order valence-corrected chi connectivity index (χ4v) is 3.45. The summed E-state index contributed by atoms with van der Waals surface area (Å²) in [6.45, 7) is 9.95. The molecule has 0 spiro atoms. The highest BCUT2D eigenvalue weighted by atomic mass is 15.2. The summed E-state index contributed by atoms with van der Waals surface area (Å²) in [4.78, 5) is 2.69. The smallest absolute Gasteiger partial charge is 0.0100 e. The third-order valence-corrected chi connectivity index (χ3v) is 4.02. The third kappa shape index (κ3) is 1.19. The van der Waals surface area contributed by atoms with Crippen LogP contribution in [0.3, 0.4) is 0 Å². The summed E-state index contributed by atoms with van der Waals surface area (Å²) < 4.78 is 0. The van der Waals surface area contributed by atoms with Crippen molar-refractivity contribution in [2.75, 3.05) is 13.1 Å². The van der Waals surface area contributed by atoms with Gasteiger partial charge in [0.25, 0.3) is 0 Å². The summed E-state index contributed by atoms with van der Waals surface area (Å²) in [5, 5.41) is 0. The molecule has 1 nitrogen and oxygen atoms in total. The lowest BCUT2D eigenvalue weighted by Gasteiger charge is -2.51. The zero-order chi connectivity index (χ0) is 8.72. The van der Waals surface area contributed by atoms with Gasteiger partial charge in [0.1, 0.15) is 0 Å². The summed E-state index contributed by atoms with van der Waals surface area (Å²) >= 11 is 0. The molecule has 1 heteroatoms. The molecular weight excluding hydrogens is 146 g/mol. The zero-order valence-corrected chi connectivity index (χ0v) is 8.59. The van der Waals surface area contributed by atoms with Crippen molar-refractivity contribution in [1.82, 2.24) is 4.90 Å². The molecule has 0 aliphatic carbocycles. The highest BCUT2D eigenvalue weighted by Crippen LogP contribution is 2.40. The minimum Gasteiger partial charge on any atom is -0.300 e. The molecule has 70 valence electrons. The van der Waals surface area contributed by atoms with Crippen molar-refractivity contribution in [2.24, 2.45) is 17.8 Å². The first kappa shape index (κ1) is 8.55. The number of hydrogen-bond donors (Lipinski definition) is 0. The van der Waals surface area contributed by atoms with Gasteiger partial charge in [-0.3, -0.25) is 0 Å². The Hall–Kier alpha value is -0.0400. The van der Waals surface area contributed by atoms with Gasteiger partial charge in [-0.2, -0.15) is 0 Å². The lowest BCUT2D eigenvalue weighted by Crippen LogP contribution is -2.54. The number of nitrogens with zero attached hydrogens (tertiary/aromatic N) is 1. The van der Waals surface area contributed by atoms with Crippen LogP contribution in [0.1, 0.15) is 33.6 Å². The summed E-state index contributed by atoms with van der Waals surface area (Å²) in [5.41, 5.74) is 0. The lowest BCUT2D eigenvalue weighted by atomic mass is 9.69. The highest BCUT2D eigenvalue weighted by molar-refractivity contribution is 4.93. The highest BCUT2D eigenvalue weighted by Gasteiger charge is 2.40. The van der Waals surface area contributed by atoms with Gasteiger partial charge in [-0.15, -0.1) is 0 Å². The van der Waals surface area contributed by atoms with E-state index in [2.05, 4.69) is 25.7 Å². The van der Waals surface area contributed by atoms with E-state index in [1.54, 1.807) is 0 Å². The van der Waals surface area contributed by atoms with Crippen LogP contribution in [0.15, 0.2) is 0 Å². The molecule has 0 amide bonds. The molecule has 0 aromatic rings. The molecule has 3 heterocycles. The zero-order valence-electron chi connectivity index (χ0n) is 8.59. The maximum Gasteiger partial charge on any atom is 0.0100 e. The van der Waals surface area contributed by atoms with Crippen molar-refractivity contribution < 1.29 is 0 Å². The van der Waals surface area contributed by atoms with Gasteiger partial charge in [-0.05, 0) is 50.6 Å². The van der Waals surface area contributed by atoms with E-state index < -0.39 is 0 Å². The Kier molecular flexibility index (Phi) is 2.16. The van der Waals surface area contributed by atoms with Crippen molar-refractivity contribution in [2.45, 2.75) is 39.7 Å². The van der Waals surface area contributed by atoms with E-state index in [4.69, 9.17) is 0 Å². The standard InChI is InChI=1S/C11H21N/c1-8(2)11-9(3)12-6-4-10(11)5-7-12/h8-11H,4-7H2,1-3H3. The lowest BCUT2D eigenvalue weighted by molar-refractivity contribution is -0.0221. The normalized spacial score (nSPS) is 47.0. The first-order chi connectivity index (χ1) is 5.70.